The number of aliphatic hydroxyl groups is 1. The molecule has 0 aliphatic carbocycles. The van der Waals surface area contributed by atoms with Gasteiger partial charge < -0.3 is 15.2 Å². The van der Waals surface area contributed by atoms with Crippen LogP contribution in [0.15, 0.2) is 42.9 Å². The van der Waals surface area contributed by atoms with E-state index >= 15 is 0 Å². The summed E-state index contributed by atoms with van der Waals surface area (Å²) in [6.45, 7) is 2.38. The summed E-state index contributed by atoms with van der Waals surface area (Å²) in [6.07, 6.45) is 4.93. The van der Waals surface area contributed by atoms with E-state index in [4.69, 9.17) is 4.74 Å². The topological polar surface area (TPSA) is 118 Å². The van der Waals surface area contributed by atoms with Crippen LogP contribution in [-0.4, -0.2) is 61.1 Å². The molecule has 0 saturated carbocycles. The van der Waals surface area contributed by atoms with Crippen LogP contribution in [0.25, 0.3) is 11.3 Å². The molecule has 3 aromatic rings. The predicted octanol–water partition coefficient (Wildman–Crippen LogP) is 0.523. The lowest BCUT2D eigenvalue weighted by atomic mass is 10.00. The Morgan fingerprint density at radius 2 is 2.14 bits per heavy atom. The van der Waals surface area contributed by atoms with E-state index < -0.39 is 12.2 Å². The summed E-state index contributed by atoms with van der Waals surface area (Å²) < 4.78 is 7.03. The molecule has 0 unspecified atom stereocenters. The highest BCUT2D eigenvalue weighted by atomic mass is 16.6. The largest absolute Gasteiger partial charge is 0.458 e. The highest BCUT2D eigenvalue weighted by Crippen LogP contribution is 2.21. The lowest BCUT2D eigenvalue weighted by Crippen LogP contribution is -2.38. The second-order valence-electron chi connectivity index (χ2n) is 6.97. The normalized spacial score (nSPS) is 21.7. The van der Waals surface area contributed by atoms with Crippen LogP contribution >= 0.6 is 0 Å². The van der Waals surface area contributed by atoms with E-state index in [1.807, 2.05) is 36.7 Å². The van der Waals surface area contributed by atoms with Crippen LogP contribution in [0, 0.1) is 0 Å². The number of β-amino-alcohol motifs (C(OH)–C–C–N with tert-alkyl or cyclic N) is 1. The van der Waals surface area contributed by atoms with Crippen molar-refractivity contribution < 1.29 is 14.6 Å². The maximum absolute atomic E-state index is 11.3. The molecule has 1 aliphatic heterocycles. The number of ether oxygens (including phenoxy) is 1. The third-order valence-corrected chi connectivity index (χ3v) is 4.81. The van der Waals surface area contributed by atoms with Gasteiger partial charge in [0.2, 0.25) is 0 Å². The van der Waals surface area contributed by atoms with E-state index in [2.05, 4.69) is 25.8 Å². The first-order chi connectivity index (χ1) is 13.6. The summed E-state index contributed by atoms with van der Waals surface area (Å²) in [7, 11) is 0. The third kappa shape index (κ3) is 4.10. The molecule has 146 valence electrons. The fourth-order valence-electron chi connectivity index (χ4n) is 3.44. The molecule has 3 atom stereocenters. The first kappa shape index (κ1) is 18.3. The van der Waals surface area contributed by atoms with Gasteiger partial charge in [-0.2, -0.15) is 5.10 Å². The minimum absolute atomic E-state index is 0.111. The number of carbonyl (C=O) groups excluding carboxylic acids is 1. The van der Waals surface area contributed by atoms with Crippen LogP contribution < -0.4 is 5.32 Å². The number of aliphatic hydroxyl groups excluding tert-OH is 1. The van der Waals surface area contributed by atoms with Gasteiger partial charge in [0.25, 0.3) is 0 Å². The van der Waals surface area contributed by atoms with Gasteiger partial charge in [-0.3, -0.25) is 9.89 Å². The zero-order valence-electron chi connectivity index (χ0n) is 15.4. The Balaban J connectivity index is 1.41. The molecule has 1 fully saturated rings. The van der Waals surface area contributed by atoms with Crippen molar-refractivity contribution in [3.05, 3.63) is 54.0 Å². The Kier molecular flexibility index (Phi) is 5.18. The Hall–Kier alpha value is -3.04. The maximum atomic E-state index is 11.3. The van der Waals surface area contributed by atoms with Crippen LogP contribution in [-0.2, 0) is 22.5 Å². The SMILES string of the molecule is CC(=O)O[C@@H]1[C@@H](O)CN[C@@H]1Cc1ccc(-c2cn(Cc3cn[nH]c3)nn2)cc1. The molecule has 0 radical (unpaired) electrons. The van der Waals surface area contributed by atoms with Crippen molar-refractivity contribution >= 4 is 5.97 Å². The van der Waals surface area contributed by atoms with Crippen LogP contribution in [0.5, 0.6) is 0 Å². The molecular weight excluding hydrogens is 360 g/mol. The smallest absolute Gasteiger partial charge is 0.303 e. The van der Waals surface area contributed by atoms with Crippen LogP contribution in [0.4, 0.5) is 0 Å². The zero-order chi connectivity index (χ0) is 19.5. The minimum Gasteiger partial charge on any atom is -0.458 e. The van der Waals surface area contributed by atoms with E-state index in [1.165, 1.54) is 6.92 Å². The minimum atomic E-state index is -0.682. The van der Waals surface area contributed by atoms with Gasteiger partial charge in [-0.1, -0.05) is 29.5 Å². The maximum Gasteiger partial charge on any atom is 0.303 e. The summed E-state index contributed by atoms with van der Waals surface area (Å²) in [5.41, 5.74) is 3.87. The number of esters is 1. The molecule has 1 aliphatic rings. The lowest BCUT2D eigenvalue weighted by molar-refractivity contribution is -0.151. The molecule has 0 spiro atoms. The molecule has 3 heterocycles. The van der Waals surface area contributed by atoms with E-state index in [1.54, 1.807) is 10.9 Å². The Morgan fingerprint density at radius 1 is 1.32 bits per heavy atom. The summed E-state index contributed by atoms with van der Waals surface area (Å²) in [4.78, 5) is 11.3. The molecule has 3 N–H and O–H groups in total. The number of benzene rings is 1. The van der Waals surface area contributed by atoms with Gasteiger partial charge in [0.05, 0.1) is 25.0 Å². The average Bonchev–Trinajstić information content (AvgIpc) is 3.41. The summed E-state index contributed by atoms with van der Waals surface area (Å²) in [5, 5.41) is 28.3. The van der Waals surface area contributed by atoms with E-state index in [-0.39, 0.29) is 12.0 Å². The predicted molar refractivity (Wildman–Crippen MR) is 100 cm³/mol. The fourth-order valence-corrected chi connectivity index (χ4v) is 3.44. The molecule has 0 bridgehead atoms. The van der Waals surface area contributed by atoms with E-state index in [0.717, 1.165) is 22.4 Å². The molecule has 2 aromatic heterocycles. The number of aromatic amines is 1. The van der Waals surface area contributed by atoms with Crippen LogP contribution in [0.1, 0.15) is 18.1 Å². The average molecular weight is 382 g/mol. The molecule has 1 aromatic carbocycles. The number of carbonyl (C=O) groups is 1. The Morgan fingerprint density at radius 3 is 2.86 bits per heavy atom. The van der Waals surface area contributed by atoms with Crippen LogP contribution in [0.2, 0.25) is 0 Å². The molecule has 1 saturated heterocycles. The number of nitrogens with one attached hydrogen (secondary N) is 2. The number of hydrogen-bond acceptors (Lipinski definition) is 7. The van der Waals surface area contributed by atoms with Gasteiger partial charge in [-0.05, 0) is 12.0 Å². The first-order valence-electron chi connectivity index (χ1n) is 9.14. The van der Waals surface area contributed by atoms with Crippen molar-refractivity contribution in [1.82, 2.24) is 30.5 Å². The third-order valence-electron chi connectivity index (χ3n) is 4.81. The molecular formula is C19H22N6O3. The van der Waals surface area contributed by atoms with Gasteiger partial charge in [-0.25, -0.2) is 4.68 Å². The van der Waals surface area contributed by atoms with Gasteiger partial charge in [0.15, 0.2) is 0 Å². The molecule has 28 heavy (non-hydrogen) atoms. The van der Waals surface area contributed by atoms with Gasteiger partial charge in [0, 0.05) is 30.8 Å². The lowest BCUT2D eigenvalue weighted by Gasteiger charge is -2.21. The summed E-state index contributed by atoms with van der Waals surface area (Å²) >= 11 is 0. The van der Waals surface area contributed by atoms with Crippen molar-refractivity contribution in [3.63, 3.8) is 0 Å². The standard InChI is InChI=1S/C19H22N6O3/c1-12(26)28-19-16(20-9-18(19)27)6-13-2-4-15(5-3-13)17-11-25(24-23-17)10-14-7-21-22-8-14/h2-5,7-8,11,16,18-20,27H,6,9-10H2,1H3,(H,21,22)/t16-,18+,19+/m1/s1. The summed E-state index contributed by atoms with van der Waals surface area (Å²) in [6, 6.07) is 7.91. The fraction of sp³-hybridized carbons (Fsp3) is 0.368. The van der Waals surface area contributed by atoms with E-state index in [0.29, 0.717) is 19.5 Å². The van der Waals surface area contributed by atoms with Gasteiger partial charge in [-0.15, -0.1) is 5.10 Å². The Labute approximate surface area is 161 Å². The zero-order valence-corrected chi connectivity index (χ0v) is 15.4. The monoisotopic (exact) mass is 382 g/mol. The number of nitrogens with zero attached hydrogens (tertiary/aromatic N) is 4. The number of rotatable bonds is 6. The molecule has 4 rings (SSSR count). The second-order valence-corrected chi connectivity index (χ2v) is 6.97. The summed E-state index contributed by atoms with van der Waals surface area (Å²) in [5.74, 6) is -0.383. The number of aromatic nitrogens is 5. The number of hydrogen-bond donors (Lipinski definition) is 3. The molecule has 9 nitrogen and oxygen atoms in total. The van der Waals surface area contributed by atoms with E-state index in [9.17, 15) is 9.90 Å². The number of H-pyrrole nitrogens is 1. The van der Waals surface area contributed by atoms with Crippen molar-refractivity contribution in [1.29, 1.82) is 0 Å². The van der Waals surface area contributed by atoms with Crippen molar-refractivity contribution in [3.8, 4) is 11.3 Å². The van der Waals surface area contributed by atoms with Crippen molar-refractivity contribution in [2.75, 3.05) is 6.54 Å². The molecule has 0 amide bonds. The second kappa shape index (κ2) is 7.91. The van der Waals surface area contributed by atoms with Crippen molar-refractivity contribution in [2.45, 2.75) is 38.1 Å². The van der Waals surface area contributed by atoms with Crippen molar-refractivity contribution in [2.24, 2.45) is 0 Å². The Bertz CT molecular complexity index is 922. The van der Waals surface area contributed by atoms with Gasteiger partial charge >= 0.3 is 5.97 Å². The molecule has 9 heteroatoms. The highest BCUT2D eigenvalue weighted by Gasteiger charge is 2.37. The first-order valence-corrected chi connectivity index (χ1v) is 9.14. The quantitative estimate of drug-likeness (QED) is 0.532. The highest BCUT2D eigenvalue weighted by molar-refractivity contribution is 5.66. The van der Waals surface area contributed by atoms with Crippen LogP contribution in [0.3, 0.4) is 0 Å². The van der Waals surface area contributed by atoms with Gasteiger partial charge in [0.1, 0.15) is 17.9 Å².